The Morgan fingerprint density at radius 3 is 1.89 bits per heavy atom. The zero-order valence-electron chi connectivity index (χ0n) is 18.0. The van der Waals surface area contributed by atoms with Gasteiger partial charge < -0.3 is 19.9 Å². The fourth-order valence-corrected chi connectivity index (χ4v) is 4.29. The van der Waals surface area contributed by atoms with Gasteiger partial charge >= 0.3 is 0 Å². The first-order chi connectivity index (χ1) is 13.1. The molecule has 0 aliphatic heterocycles. The zero-order chi connectivity index (χ0) is 20.0. The molecule has 0 aliphatic carbocycles. The van der Waals surface area contributed by atoms with Gasteiger partial charge in [0, 0.05) is 21.3 Å². The Hall–Kier alpha value is -0.940. The maximum absolute atomic E-state index is 5.88. The van der Waals surface area contributed by atoms with Crippen LogP contribution in [0.3, 0.4) is 0 Å². The number of nitrogens with two attached hydrogens (primary N) is 1. The van der Waals surface area contributed by atoms with Crippen LogP contribution < -0.4 is 5.73 Å². The quantitative estimate of drug-likeness (QED) is 0.313. The van der Waals surface area contributed by atoms with Crippen molar-refractivity contribution in [2.75, 3.05) is 27.9 Å². The molecule has 0 aliphatic rings. The van der Waals surface area contributed by atoms with Gasteiger partial charge in [-0.25, -0.2) is 0 Å². The predicted molar refractivity (Wildman–Crippen MR) is 113 cm³/mol. The van der Waals surface area contributed by atoms with E-state index in [1.165, 1.54) is 37.7 Å². The second kappa shape index (κ2) is 13.3. The van der Waals surface area contributed by atoms with Crippen LogP contribution in [0.25, 0.3) is 0 Å². The van der Waals surface area contributed by atoms with E-state index in [2.05, 4.69) is 37.3 Å². The van der Waals surface area contributed by atoms with Crippen LogP contribution in [0.2, 0.25) is 0 Å². The van der Waals surface area contributed by atoms with Crippen LogP contribution in [0.1, 0.15) is 70.3 Å². The standard InChI is InChI=1S/C23H41NO3/c1-5-6-7-8-9-13-17-22(18-14-19-24,23(25-2,26-3)27-4)20-21-15-11-10-12-16-21/h10-12,15-16H,5-9,13-14,17-20,24H2,1-4H3. The van der Waals surface area contributed by atoms with Crippen LogP contribution in [-0.4, -0.2) is 33.8 Å². The van der Waals surface area contributed by atoms with E-state index >= 15 is 0 Å². The molecular weight excluding hydrogens is 338 g/mol. The third-order valence-electron chi connectivity index (χ3n) is 5.71. The lowest BCUT2D eigenvalue weighted by atomic mass is 9.71. The summed E-state index contributed by atoms with van der Waals surface area (Å²) < 4.78 is 17.6. The number of ether oxygens (including phenoxy) is 3. The number of unbranched alkanes of at least 4 members (excludes halogenated alkanes) is 5. The molecule has 1 atom stereocenters. The van der Waals surface area contributed by atoms with Gasteiger partial charge in [-0.2, -0.15) is 0 Å². The van der Waals surface area contributed by atoms with Crippen LogP contribution >= 0.6 is 0 Å². The molecule has 4 heteroatoms. The van der Waals surface area contributed by atoms with Crippen molar-refractivity contribution in [3.05, 3.63) is 35.9 Å². The molecule has 0 aromatic heterocycles. The van der Waals surface area contributed by atoms with E-state index in [1.807, 2.05) is 0 Å². The summed E-state index contributed by atoms with van der Waals surface area (Å²) >= 11 is 0. The largest absolute Gasteiger partial charge is 0.330 e. The first-order valence-corrected chi connectivity index (χ1v) is 10.5. The second-order valence-corrected chi connectivity index (χ2v) is 7.52. The van der Waals surface area contributed by atoms with Gasteiger partial charge in [0.2, 0.25) is 0 Å². The van der Waals surface area contributed by atoms with E-state index in [0.717, 1.165) is 32.1 Å². The minimum Gasteiger partial charge on any atom is -0.330 e. The summed E-state index contributed by atoms with van der Waals surface area (Å²) in [6.45, 7) is 2.90. The second-order valence-electron chi connectivity index (χ2n) is 7.52. The Labute approximate surface area is 166 Å². The number of hydrogen-bond donors (Lipinski definition) is 1. The van der Waals surface area contributed by atoms with E-state index in [9.17, 15) is 0 Å². The molecular formula is C23H41NO3. The summed E-state index contributed by atoms with van der Waals surface area (Å²) in [6.07, 6.45) is 11.2. The molecule has 0 bridgehead atoms. The van der Waals surface area contributed by atoms with Crippen LogP contribution in [-0.2, 0) is 20.6 Å². The smallest absolute Gasteiger partial charge is 0.288 e. The molecule has 0 fully saturated rings. The molecule has 2 N–H and O–H groups in total. The average Bonchev–Trinajstić information content (AvgIpc) is 2.71. The maximum Gasteiger partial charge on any atom is 0.288 e. The van der Waals surface area contributed by atoms with Crippen molar-refractivity contribution in [2.24, 2.45) is 11.1 Å². The predicted octanol–water partition coefficient (Wildman–Crippen LogP) is 5.30. The van der Waals surface area contributed by atoms with Crippen LogP contribution in [0.5, 0.6) is 0 Å². The van der Waals surface area contributed by atoms with Crippen molar-refractivity contribution in [2.45, 2.75) is 77.1 Å². The molecule has 1 unspecified atom stereocenters. The van der Waals surface area contributed by atoms with Crippen LogP contribution in [0.15, 0.2) is 30.3 Å². The Balaban J connectivity index is 3.06. The zero-order valence-corrected chi connectivity index (χ0v) is 18.0. The number of hydrogen-bond acceptors (Lipinski definition) is 4. The van der Waals surface area contributed by atoms with Crippen molar-refractivity contribution < 1.29 is 14.2 Å². The lowest BCUT2D eigenvalue weighted by Crippen LogP contribution is -2.54. The Kier molecular flexibility index (Phi) is 11.8. The minimum absolute atomic E-state index is 0.281. The van der Waals surface area contributed by atoms with Crippen molar-refractivity contribution in [3.8, 4) is 0 Å². The summed E-state index contributed by atoms with van der Waals surface area (Å²) in [5.74, 6) is -1.07. The van der Waals surface area contributed by atoms with Gasteiger partial charge in [-0.1, -0.05) is 75.8 Å². The first-order valence-electron chi connectivity index (χ1n) is 10.5. The van der Waals surface area contributed by atoms with Gasteiger partial charge in [0.05, 0.1) is 5.41 Å². The molecule has 4 nitrogen and oxygen atoms in total. The van der Waals surface area contributed by atoms with Crippen molar-refractivity contribution in [3.63, 3.8) is 0 Å². The summed E-state index contributed by atoms with van der Waals surface area (Å²) in [6, 6.07) is 10.6. The molecule has 1 aromatic rings. The van der Waals surface area contributed by atoms with Gasteiger partial charge in [-0.15, -0.1) is 0 Å². The molecule has 156 valence electrons. The van der Waals surface area contributed by atoms with Crippen molar-refractivity contribution in [1.29, 1.82) is 0 Å². The molecule has 27 heavy (non-hydrogen) atoms. The summed E-state index contributed by atoms with van der Waals surface area (Å²) in [7, 11) is 5.03. The molecule has 0 radical (unpaired) electrons. The molecule has 1 aromatic carbocycles. The molecule has 1 rings (SSSR count). The van der Waals surface area contributed by atoms with Gasteiger partial charge in [-0.05, 0) is 37.8 Å². The molecule has 0 spiro atoms. The Morgan fingerprint density at radius 1 is 0.778 bits per heavy atom. The molecule has 0 heterocycles. The number of benzene rings is 1. The maximum atomic E-state index is 5.88. The van der Waals surface area contributed by atoms with Crippen molar-refractivity contribution in [1.82, 2.24) is 0 Å². The van der Waals surface area contributed by atoms with Gasteiger partial charge in [0.15, 0.2) is 0 Å². The highest BCUT2D eigenvalue weighted by Gasteiger charge is 2.52. The van der Waals surface area contributed by atoms with E-state index in [0.29, 0.717) is 6.54 Å². The minimum atomic E-state index is -1.07. The van der Waals surface area contributed by atoms with Crippen LogP contribution in [0.4, 0.5) is 0 Å². The first kappa shape index (κ1) is 24.1. The van der Waals surface area contributed by atoms with E-state index < -0.39 is 5.97 Å². The molecule has 0 amide bonds. The molecule has 0 saturated carbocycles. The fraction of sp³-hybridized carbons (Fsp3) is 0.739. The lowest BCUT2D eigenvalue weighted by Gasteiger charge is -2.47. The highest BCUT2D eigenvalue weighted by atomic mass is 16.9. The van der Waals surface area contributed by atoms with Crippen LogP contribution in [0, 0.1) is 5.41 Å². The number of rotatable bonds is 16. The van der Waals surface area contributed by atoms with E-state index in [1.54, 1.807) is 21.3 Å². The highest BCUT2D eigenvalue weighted by molar-refractivity contribution is 5.17. The normalized spacial score (nSPS) is 14.3. The lowest BCUT2D eigenvalue weighted by molar-refractivity contribution is -0.410. The Bertz CT molecular complexity index is 468. The van der Waals surface area contributed by atoms with Gasteiger partial charge in [-0.3, -0.25) is 0 Å². The monoisotopic (exact) mass is 379 g/mol. The summed E-state index contributed by atoms with van der Waals surface area (Å²) in [5, 5.41) is 0. The highest BCUT2D eigenvalue weighted by Crippen LogP contribution is 2.47. The average molecular weight is 380 g/mol. The third-order valence-corrected chi connectivity index (χ3v) is 5.71. The summed E-state index contributed by atoms with van der Waals surface area (Å²) in [4.78, 5) is 0. The van der Waals surface area contributed by atoms with Gasteiger partial charge in [0.1, 0.15) is 0 Å². The van der Waals surface area contributed by atoms with E-state index in [4.69, 9.17) is 19.9 Å². The fourth-order valence-electron chi connectivity index (χ4n) is 4.29. The Morgan fingerprint density at radius 2 is 1.33 bits per heavy atom. The topological polar surface area (TPSA) is 53.7 Å². The third kappa shape index (κ3) is 6.86. The SMILES string of the molecule is CCCCCCCCC(CCCN)(Cc1ccccc1)C(OC)(OC)OC. The number of methoxy groups -OCH3 is 3. The van der Waals surface area contributed by atoms with Gasteiger partial charge in [0.25, 0.3) is 5.97 Å². The van der Waals surface area contributed by atoms with E-state index in [-0.39, 0.29) is 5.41 Å². The molecule has 0 saturated heterocycles. The summed E-state index contributed by atoms with van der Waals surface area (Å²) in [5.41, 5.74) is 6.88. The van der Waals surface area contributed by atoms with Crippen molar-refractivity contribution >= 4 is 0 Å².